The average molecular weight is 249 g/mol. The molecule has 0 aliphatic rings. The molecule has 2 amide bonds. The molecule has 5 nitrogen and oxygen atoms in total. The zero-order chi connectivity index (χ0) is 13.8. The van der Waals surface area contributed by atoms with Crippen molar-refractivity contribution in [1.82, 2.24) is 5.32 Å². The lowest BCUT2D eigenvalue weighted by molar-refractivity contribution is -0.114. The van der Waals surface area contributed by atoms with Crippen molar-refractivity contribution in [1.29, 1.82) is 0 Å². The van der Waals surface area contributed by atoms with Gasteiger partial charge in [0.2, 0.25) is 5.91 Å². The summed E-state index contributed by atoms with van der Waals surface area (Å²) in [5, 5.41) is 5.46. The summed E-state index contributed by atoms with van der Waals surface area (Å²) < 4.78 is 0. The molecule has 0 bridgehead atoms. The Hall–Kier alpha value is -1.88. The van der Waals surface area contributed by atoms with Crippen molar-refractivity contribution < 1.29 is 9.59 Å². The Morgan fingerprint density at radius 1 is 1.28 bits per heavy atom. The molecule has 0 aromatic heterocycles. The van der Waals surface area contributed by atoms with E-state index in [9.17, 15) is 9.59 Å². The maximum atomic E-state index is 11.9. The van der Waals surface area contributed by atoms with E-state index in [0.29, 0.717) is 11.3 Å². The van der Waals surface area contributed by atoms with Crippen molar-refractivity contribution in [2.24, 2.45) is 5.73 Å². The Bertz CT molecular complexity index is 450. The summed E-state index contributed by atoms with van der Waals surface area (Å²) in [6, 6.07) is 6.74. The van der Waals surface area contributed by atoms with Crippen molar-refractivity contribution in [3.05, 3.63) is 29.8 Å². The maximum absolute atomic E-state index is 11.9. The van der Waals surface area contributed by atoms with Crippen LogP contribution in [0.4, 0.5) is 5.69 Å². The smallest absolute Gasteiger partial charge is 0.251 e. The van der Waals surface area contributed by atoms with Crippen LogP contribution >= 0.6 is 0 Å². The van der Waals surface area contributed by atoms with Gasteiger partial charge in [0.15, 0.2) is 0 Å². The van der Waals surface area contributed by atoms with E-state index in [-0.39, 0.29) is 23.9 Å². The molecule has 0 saturated heterocycles. The minimum Gasteiger partial charge on any atom is -0.347 e. The molecule has 1 rings (SSSR count). The molecule has 1 aromatic rings. The topological polar surface area (TPSA) is 84.2 Å². The van der Waals surface area contributed by atoms with Gasteiger partial charge in [-0.05, 0) is 39.0 Å². The molecule has 4 N–H and O–H groups in total. The quantitative estimate of drug-likeness (QED) is 0.750. The molecule has 0 saturated carbocycles. The molecule has 0 unspecified atom stereocenters. The lowest BCUT2D eigenvalue weighted by atomic mass is 10.1. The zero-order valence-corrected chi connectivity index (χ0v) is 10.9. The zero-order valence-electron chi connectivity index (χ0n) is 10.9. The third-order valence-corrected chi connectivity index (χ3v) is 2.08. The predicted molar refractivity (Wildman–Crippen MR) is 71.3 cm³/mol. The van der Waals surface area contributed by atoms with E-state index in [1.54, 1.807) is 24.3 Å². The van der Waals surface area contributed by atoms with Gasteiger partial charge in [-0.1, -0.05) is 6.07 Å². The monoisotopic (exact) mass is 249 g/mol. The van der Waals surface area contributed by atoms with Gasteiger partial charge in [-0.15, -0.1) is 0 Å². The van der Waals surface area contributed by atoms with Gasteiger partial charge in [-0.3, -0.25) is 9.59 Å². The number of carbonyl (C=O) groups is 2. The van der Waals surface area contributed by atoms with Crippen LogP contribution in [0, 0.1) is 0 Å². The summed E-state index contributed by atoms with van der Waals surface area (Å²) in [7, 11) is 0. The molecule has 0 aliphatic heterocycles. The van der Waals surface area contributed by atoms with E-state index >= 15 is 0 Å². The SMILES string of the molecule is CC(C)(C)NC(=O)c1cccc(NC(=O)CN)c1. The molecule has 1 aromatic carbocycles. The van der Waals surface area contributed by atoms with Crippen LogP contribution < -0.4 is 16.4 Å². The Morgan fingerprint density at radius 2 is 1.94 bits per heavy atom. The molecule has 5 heteroatoms. The second kappa shape index (κ2) is 5.64. The van der Waals surface area contributed by atoms with Crippen LogP contribution in [0.2, 0.25) is 0 Å². The van der Waals surface area contributed by atoms with Gasteiger partial charge < -0.3 is 16.4 Å². The Kier molecular flexibility index (Phi) is 4.44. The fourth-order valence-electron chi connectivity index (χ4n) is 1.36. The third kappa shape index (κ3) is 4.55. The standard InChI is InChI=1S/C13H19N3O2/c1-13(2,3)16-12(18)9-5-4-6-10(7-9)15-11(17)8-14/h4-7H,8,14H2,1-3H3,(H,15,17)(H,16,18). The van der Waals surface area contributed by atoms with Crippen LogP contribution in [0.3, 0.4) is 0 Å². The van der Waals surface area contributed by atoms with Crippen LogP contribution in [0.1, 0.15) is 31.1 Å². The second-order valence-corrected chi connectivity index (χ2v) is 5.04. The van der Waals surface area contributed by atoms with E-state index in [2.05, 4.69) is 10.6 Å². The van der Waals surface area contributed by atoms with Gasteiger partial charge in [0.25, 0.3) is 5.91 Å². The number of carbonyl (C=O) groups excluding carboxylic acids is 2. The highest BCUT2D eigenvalue weighted by atomic mass is 16.2. The summed E-state index contributed by atoms with van der Waals surface area (Å²) in [4.78, 5) is 23.1. The van der Waals surface area contributed by atoms with E-state index in [1.807, 2.05) is 20.8 Å². The van der Waals surface area contributed by atoms with E-state index in [1.165, 1.54) is 0 Å². The fourth-order valence-corrected chi connectivity index (χ4v) is 1.36. The first-order chi connectivity index (χ1) is 8.31. The van der Waals surface area contributed by atoms with Crippen LogP contribution in [-0.4, -0.2) is 23.9 Å². The van der Waals surface area contributed by atoms with Crippen molar-refractivity contribution in [3.63, 3.8) is 0 Å². The van der Waals surface area contributed by atoms with E-state index in [0.717, 1.165) is 0 Å². The summed E-state index contributed by atoms with van der Waals surface area (Å²) in [5.41, 5.74) is 5.97. The number of nitrogens with one attached hydrogen (secondary N) is 2. The number of hydrogen-bond acceptors (Lipinski definition) is 3. The van der Waals surface area contributed by atoms with Crippen LogP contribution in [0.5, 0.6) is 0 Å². The number of nitrogens with two attached hydrogens (primary N) is 1. The maximum Gasteiger partial charge on any atom is 0.251 e. The third-order valence-electron chi connectivity index (χ3n) is 2.08. The van der Waals surface area contributed by atoms with Gasteiger partial charge in [0.1, 0.15) is 0 Å². The molecular weight excluding hydrogens is 230 g/mol. The van der Waals surface area contributed by atoms with Crippen molar-refractivity contribution >= 4 is 17.5 Å². The number of hydrogen-bond donors (Lipinski definition) is 3. The molecule has 18 heavy (non-hydrogen) atoms. The molecule has 0 atom stereocenters. The molecular formula is C13H19N3O2. The van der Waals surface area contributed by atoms with Crippen LogP contribution in [0.25, 0.3) is 0 Å². The molecule has 0 aliphatic carbocycles. The first-order valence-corrected chi connectivity index (χ1v) is 5.74. The number of amides is 2. The van der Waals surface area contributed by atoms with Crippen molar-refractivity contribution in [2.45, 2.75) is 26.3 Å². The van der Waals surface area contributed by atoms with Gasteiger partial charge in [0, 0.05) is 16.8 Å². The highest BCUT2D eigenvalue weighted by molar-refractivity contribution is 5.97. The first kappa shape index (κ1) is 14.2. The van der Waals surface area contributed by atoms with E-state index in [4.69, 9.17) is 5.73 Å². The normalized spacial score (nSPS) is 10.9. The summed E-state index contributed by atoms with van der Waals surface area (Å²) in [6.07, 6.45) is 0. The Morgan fingerprint density at radius 3 is 2.50 bits per heavy atom. The summed E-state index contributed by atoms with van der Waals surface area (Å²) in [5.74, 6) is -0.463. The number of anilines is 1. The van der Waals surface area contributed by atoms with E-state index < -0.39 is 0 Å². The molecule has 0 fully saturated rings. The van der Waals surface area contributed by atoms with Gasteiger partial charge in [-0.25, -0.2) is 0 Å². The lowest BCUT2D eigenvalue weighted by Gasteiger charge is -2.20. The fraction of sp³-hybridized carbons (Fsp3) is 0.385. The van der Waals surface area contributed by atoms with Gasteiger partial charge >= 0.3 is 0 Å². The van der Waals surface area contributed by atoms with Crippen molar-refractivity contribution in [3.8, 4) is 0 Å². The van der Waals surface area contributed by atoms with Crippen LogP contribution in [-0.2, 0) is 4.79 Å². The summed E-state index contributed by atoms with van der Waals surface area (Å²) in [6.45, 7) is 5.64. The summed E-state index contributed by atoms with van der Waals surface area (Å²) >= 11 is 0. The minimum absolute atomic E-state index is 0.0849. The highest BCUT2D eigenvalue weighted by Crippen LogP contribution is 2.11. The molecule has 0 radical (unpaired) electrons. The second-order valence-electron chi connectivity index (χ2n) is 5.04. The Balaban J connectivity index is 2.82. The van der Waals surface area contributed by atoms with Gasteiger partial charge in [-0.2, -0.15) is 0 Å². The number of benzene rings is 1. The largest absolute Gasteiger partial charge is 0.347 e. The predicted octanol–water partition coefficient (Wildman–Crippen LogP) is 1.11. The highest BCUT2D eigenvalue weighted by Gasteiger charge is 2.15. The lowest BCUT2D eigenvalue weighted by Crippen LogP contribution is -2.40. The Labute approximate surface area is 107 Å². The minimum atomic E-state index is -0.298. The van der Waals surface area contributed by atoms with Crippen molar-refractivity contribution in [2.75, 3.05) is 11.9 Å². The van der Waals surface area contributed by atoms with Gasteiger partial charge in [0.05, 0.1) is 6.54 Å². The first-order valence-electron chi connectivity index (χ1n) is 5.74. The molecule has 0 heterocycles. The molecule has 0 spiro atoms. The molecule has 98 valence electrons. The number of rotatable bonds is 3. The van der Waals surface area contributed by atoms with Crippen LogP contribution in [0.15, 0.2) is 24.3 Å². The average Bonchev–Trinajstić information content (AvgIpc) is 2.27.